The lowest BCUT2D eigenvalue weighted by atomic mass is 10.2. The molecule has 1 aromatic heterocycles. The lowest BCUT2D eigenvalue weighted by Gasteiger charge is -2.22. The van der Waals surface area contributed by atoms with E-state index in [1.165, 1.54) is 29.8 Å². The maximum Gasteiger partial charge on any atom is 0.0640 e. The van der Waals surface area contributed by atoms with E-state index in [0.29, 0.717) is 0 Å². The molecule has 3 nitrogen and oxygen atoms in total. The SMILES string of the molecule is CN(c1ccccc1)c1cnccc1CNC1CC1. The summed E-state index contributed by atoms with van der Waals surface area (Å²) in [5.41, 5.74) is 3.65. The molecule has 0 radical (unpaired) electrons. The van der Waals surface area contributed by atoms with Gasteiger partial charge in [-0.3, -0.25) is 4.98 Å². The van der Waals surface area contributed by atoms with Crippen molar-refractivity contribution in [2.45, 2.75) is 25.4 Å². The maximum atomic E-state index is 4.27. The summed E-state index contributed by atoms with van der Waals surface area (Å²) in [7, 11) is 2.09. The minimum atomic E-state index is 0.725. The van der Waals surface area contributed by atoms with E-state index in [1.807, 2.05) is 18.5 Å². The number of anilines is 2. The first-order valence-corrected chi connectivity index (χ1v) is 6.79. The Balaban J connectivity index is 1.82. The maximum absolute atomic E-state index is 4.27. The Hall–Kier alpha value is -1.87. The first-order valence-electron chi connectivity index (χ1n) is 6.79. The fourth-order valence-corrected chi connectivity index (χ4v) is 2.20. The van der Waals surface area contributed by atoms with E-state index < -0.39 is 0 Å². The lowest BCUT2D eigenvalue weighted by molar-refractivity contribution is 0.687. The predicted octanol–water partition coefficient (Wildman–Crippen LogP) is 3.10. The molecule has 98 valence electrons. The normalized spacial score (nSPS) is 14.4. The molecular weight excluding hydrogens is 234 g/mol. The quantitative estimate of drug-likeness (QED) is 0.887. The van der Waals surface area contributed by atoms with E-state index in [2.05, 4.69) is 52.6 Å². The van der Waals surface area contributed by atoms with E-state index in [-0.39, 0.29) is 0 Å². The standard InChI is InChI=1S/C16H19N3/c1-19(15-5-3-2-4-6-15)16-12-17-10-9-13(16)11-18-14-7-8-14/h2-6,9-10,12,14,18H,7-8,11H2,1H3. The molecule has 0 spiro atoms. The van der Waals surface area contributed by atoms with Crippen LogP contribution in [0.15, 0.2) is 48.8 Å². The highest BCUT2D eigenvalue weighted by atomic mass is 15.1. The molecule has 1 aliphatic rings. The predicted molar refractivity (Wildman–Crippen MR) is 78.6 cm³/mol. The van der Waals surface area contributed by atoms with Gasteiger partial charge in [0.15, 0.2) is 0 Å². The van der Waals surface area contributed by atoms with Crippen LogP contribution < -0.4 is 10.2 Å². The van der Waals surface area contributed by atoms with Crippen molar-refractivity contribution in [1.29, 1.82) is 0 Å². The van der Waals surface area contributed by atoms with Gasteiger partial charge in [-0.2, -0.15) is 0 Å². The highest BCUT2D eigenvalue weighted by Gasteiger charge is 2.20. The second kappa shape index (κ2) is 5.41. The number of nitrogens with one attached hydrogen (secondary N) is 1. The van der Waals surface area contributed by atoms with Crippen molar-refractivity contribution >= 4 is 11.4 Å². The van der Waals surface area contributed by atoms with E-state index in [1.54, 1.807) is 0 Å². The molecule has 2 aromatic rings. The molecule has 0 saturated heterocycles. The molecule has 1 aliphatic carbocycles. The van der Waals surface area contributed by atoms with Gasteiger partial charge < -0.3 is 10.2 Å². The molecule has 19 heavy (non-hydrogen) atoms. The fourth-order valence-electron chi connectivity index (χ4n) is 2.20. The molecule has 3 heteroatoms. The van der Waals surface area contributed by atoms with Crippen molar-refractivity contribution in [1.82, 2.24) is 10.3 Å². The molecule has 1 saturated carbocycles. The van der Waals surface area contributed by atoms with Crippen LogP contribution in [0.5, 0.6) is 0 Å². The monoisotopic (exact) mass is 253 g/mol. The van der Waals surface area contributed by atoms with Crippen molar-refractivity contribution in [2.24, 2.45) is 0 Å². The summed E-state index contributed by atoms with van der Waals surface area (Å²) in [5, 5.41) is 3.57. The third-order valence-electron chi connectivity index (χ3n) is 3.55. The molecule has 1 heterocycles. The average molecular weight is 253 g/mol. The zero-order chi connectivity index (χ0) is 13.1. The van der Waals surface area contributed by atoms with E-state index >= 15 is 0 Å². The highest BCUT2D eigenvalue weighted by Crippen LogP contribution is 2.27. The first kappa shape index (κ1) is 12.2. The smallest absolute Gasteiger partial charge is 0.0640 e. The Bertz CT molecular complexity index is 535. The third kappa shape index (κ3) is 2.93. The zero-order valence-corrected chi connectivity index (χ0v) is 11.2. The summed E-state index contributed by atoms with van der Waals surface area (Å²) in [6.07, 6.45) is 6.44. The van der Waals surface area contributed by atoms with Gasteiger partial charge in [0, 0.05) is 31.5 Å². The van der Waals surface area contributed by atoms with Crippen LogP contribution in [-0.4, -0.2) is 18.1 Å². The van der Waals surface area contributed by atoms with Gasteiger partial charge in [-0.15, -0.1) is 0 Å². The first-order chi connectivity index (χ1) is 9.34. The zero-order valence-electron chi connectivity index (χ0n) is 11.2. The van der Waals surface area contributed by atoms with Crippen LogP contribution in [0, 0.1) is 0 Å². The van der Waals surface area contributed by atoms with E-state index in [4.69, 9.17) is 0 Å². The Labute approximate surface area is 114 Å². The minimum Gasteiger partial charge on any atom is -0.343 e. The van der Waals surface area contributed by atoms with Gasteiger partial charge in [0.05, 0.1) is 11.9 Å². The van der Waals surface area contributed by atoms with Crippen LogP contribution in [0.3, 0.4) is 0 Å². The Morgan fingerprint density at radius 3 is 2.74 bits per heavy atom. The topological polar surface area (TPSA) is 28.2 Å². The number of benzene rings is 1. The molecule has 0 unspecified atom stereocenters. The van der Waals surface area contributed by atoms with Gasteiger partial charge in [-0.25, -0.2) is 0 Å². The van der Waals surface area contributed by atoms with Crippen molar-refractivity contribution in [3.63, 3.8) is 0 Å². The lowest BCUT2D eigenvalue weighted by Crippen LogP contribution is -2.19. The van der Waals surface area contributed by atoms with Crippen LogP contribution >= 0.6 is 0 Å². The van der Waals surface area contributed by atoms with Crippen LogP contribution in [0.1, 0.15) is 18.4 Å². The van der Waals surface area contributed by atoms with Crippen molar-refractivity contribution < 1.29 is 0 Å². The average Bonchev–Trinajstić information content (AvgIpc) is 3.30. The summed E-state index contributed by atoms with van der Waals surface area (Å²) >= 11 is 0. The summed E-state index contributed by atoms with van der Waals surface area (Å²) < 4.78 is 0. The van der Waals surface area contributed by atoms with Gasteiger partial charge in [0.25, 0.3) is 0 Å². The number of pyridine rings is 1. The van der Waals surface area contributed by atoms with Gasteiger partial charge in [0.2, 0.25) is 0 Å². The van der Waals surface area contributed by atoms with Crippen LogP contribution in [0.4, 0.5) is 11.4 Å². The summed E-state index contributed by atoms with van der Waals surface area (Å²) in [5.74, 6) is 0. The number of rotatable bonds is 5. The van der Waals surface area contributed by atoms with Gasteiger partial charge in [0.1, 0.15) is 0 Å². The van der Waals surface area contributed by atoms with Crippen molar-refractivity contribution in [3.05, 3.63) is 54.4 Å². The Morgan fingerprint density at radius 2 is 2.00 bits per heavy atom. The van der Waals surface area contributed by atoms with Crippen molar-refractivity contribution in [3.8, 4) is 0 Å². The second-order valence-electron chi connectivity index (χ2n) is 5.05. The van der Waals surface area contributed by atoms with Gasteiger partial charge in [-0.05, 0) is 36.6 Å². The number of hydrogen-bond acceptors (Lipinski definition) is 3. The van der Waals surface area contributed by atoms with Crippen LogP contribution in [0.25, 0.3) is 0 Å². The second-order valence-corrected chi connectivity index (χ2v) is 5.05. The van der Waals surface area contributed by atoms with Crippen LogP contribution in [0.2, 0.25) is 0 Å². The van der Waals surface area contributed by atoms with E-state index in [9.17, 15) is 0 Å². The van der Waals surface area contributed by atoms with Gasteiger partial charge in [-0.1, -0.05) is 18.2 Å². The molecule has 1 fully saturated rings. The fraction of sp³-hybridized carbons (Fsp3) is 0.312. The number of nitrogens with zero attached hydrogens (tertiary/aromatic N) is 2. The van der Waals surface area contributed by atoms with Gasteiger partial charge >= 0.3 is 0 Å². The third-order valence-corrected chi connectivity index (χ3v) is 3.55. The molecule has 0 bridgehead atoms. The number of aromatic nitrogens is 1. The highest BCUT2D eigenvalue weighted by molar-refractivity contribution is 5.64. The molecule has 0 atom stereocenters. The Morgan fingerprint density at radius 1 is 1.21 bits per heavy atom. The molecule has 1 aromatic carbocycles. The molecular formula is C16H19N3. The summed E-state index contributed by atoms with van der Waals surface area (Å²) in [4.78, 5) is 6.46. The molecule has 3 rings (SSSR count). The molecule has 0 amide bonds. The molecule has 0 aliphatic heterocycles. The summed E-state index contributed by atoms with van der Waals surface area (Å²) in [6, 6.07) is 13.2. The van der Waals surface area contributed by atoms with Crippen LogP contribution in [-0.2, 0) is 6.54 Å². The summed E-state index contributed by atoms with van der Waals surface area (Å²) in [6.45, 7) is 0.916. The minimum absolute atomic E-state index is 0.725. The Kier molecular flexibility index (Phi) is 3.47. The largest absolute Gasteiger partial charge is 0.343 e. The molecule has 1 N–H and O–H groups in total. The van der Waals surface area contributed by atoms with E-state index in [0.717, 1.165) is 12.6 Å². The van der Waals surface area contributed by atoms with Crippen molar-refractivity contribution in [2.75, 3.05) is 11.9 Å². The number of hydrogen-bond donors (Lipinski definition) is 1. The number of para-hydroxylation sites is 1.